The van der Waals surface area contributed by atoms with Crippen molar-refractivity contribution in [1.29, 1.82) is 0 Å². The zero-order valence-corrected chi connectivity index (χ0v) is 12.6. The van der Waals surface area contributed by atoms with Gasteiger partial charge in [0.05, 0.1) is 17.2 Å². The second kappa shape index (κ2) is 8.18. The number of carbonyl (C=O) groups is 1. The molecule has 19 heavy (non-hydrogen) atoms. The summed E-state index contributed by atoms with van der Waals surface area (Å²) >= 11 is 6.11. The molecule has 1 aromatic carbocycles. The lowest BCUT2D eigenvalue weighted by Gasteiger charge is -2.33. The van der Waals surface area contributed by atoms with Gasteiger partial charge in [-0.25, -0.2) is 0 Å². The van der Waals surface area contributed by atoms with E-state index >= 15 is 0 Å². The van der Waals surface area contributed by atoms with Crippen LogP contribution in [0.25, 0.3) is 0 Å². The third-order valence-electron chi connectivity index (χ3n) is 3.38. The molecule has 1 aromatic rings. The predicted octanol–water partition coefficient (Wildman–Crippen LogP) is 3.79. The normalized spacial score (nSPS) is 10.8. The highest BCUT2D eigenvalue weighted by atomic mass is 35.5. The number of anilines is 1. The molecule has 0 N–H and O–H groups in total. The van der Waals surface area contributed by atoms with E-state index in [4.69, 9.17) is 16.3 Å². The first kappa shape index (κ1) is 16.0. The van der Waals surface area contributed by atoms with Crippen molar-refractivity contribution in [1.82, 2.24) is 0 Å². The van der Waals surface area contributed by atoms with Crippen LogP contribution >= 0.6 is 11.6 Å². The number of rotatable bonds is 8. The number of halogens is 1. The molecular weight excluding hydrogens is 262 g/mol. The van der Waals surface area contributed by atoms with Gasteiger partial charge in [-0.2, -0.15) is 0 Å². The average Bonchev–Trinajstić information content (AvgIpc) is 2.43. The van der Waals surface area contributed by atoms with E-state index in [0.717, 1.165) is 31.4 Å². The lowest BCUT2D eigenvalue weighted by atomic mass is 10.1. The van der Waals surface area contributed by atoms with E-state index in [1.807, 2.05) is 12.1 Å². The number of aldehydes is 1. The lowest BCUT2D eigenvalue weighted by Crippen LogP contribution is -2.37. The molecule has 0 unspecified atom stereocenters. The summed E-state index contributed by atoms with van der Waals surface area (Å²) in [6.07, 6.45) is 2.87. The third-order valence-corrected chi connectivity index (χ3v) is 3.71. The number of hydrogen-bond acceptors (Lipinski definition) is 3. The van der Waals surface area contributed by atoms with Gasteiger partial charge in [-0.1, -0.05) is 31.5 Å². The van der Waals surface area contributed by atoms with Crippen molar-refractivity contribution in [3.05, 3.63) is 28.8 Å². The van der Waals surface area contributed by atoms with Crippen LogP contribution in [-0.4, -0.2) is 32.6 Å². The fourth-order valence-electron chi connectivity index (χ4n) is 2.31. The summed E-state index contributed by atoms with van der Waals surface area (Å²) in [4.78, 5) is 13.5. The van der Waals surface area contributed by atoms with Gasteiger partial charge in [-0.3, -0.25) is 4.79 Å². The van der Waals surface area contributed by atoms with Crippen LogP contribution in [0.3, 0.4) is 0 Å². The van der Waals surface area contributed by atoms with Crippen molar-refractivity contribution in [2.24, 2.45) is 0 Å². The van der Waals surface area contributed by atoms with Crippen LogP contribution in [0.4, 0.5) is 5.69 Å². The van der Waals surface area contributed by atoms with Gasteiger partial charge in [0.25, 0.3) is 0 Å². The van der Waals surface area contributed by atoms with Gasteiger partial charge >= 0.3 is 0 Å². The fourth-order valence-corrected chi connectivity index (χ4v) is 2.53. The molecule has 0 heterocycles. The Kier molecular flexibility index (Phi) is 6.89. The van der Waals surface area contributed by atoms with Crippen LogP contribution in [0.5, 0.6) is 0 Å². The number of carbonyl (C=O) groups excluding carboxylic acids is 1. The Morgan fingerprint density at radius 3 is 2.58 bits per heavy atom. The van der Waals surface area contributed by atoms with Crippen LogP contribution in [-0.2, 0) is 4.74 Å². The standard InChI is InChI=1S/C15H22ClNO2/c1-4-12(5-2)17(9-10-19-3)15-8-6-7-14(16)13(15)11-18/h6-8,11-12H,4-5,9-10H2,1-3H3. The third kappa shape index (κ3) is 3.95. The molecule has 0 saturated heterocycles. The molecule has 0 spiro atoms. The summed E-state index contributed by atoms with van der Waals surface area (Å²) in [5, 5.41) is 0.501. The summed E-state index contributed by atoms with van der Waals surface area (Å²) < 4.78 is 5.17. The molecule has 0 bridgehead atoms. The highest BCUT2D eigenvalue weighted by molar-refractivity contribution is 6.33. The van der Waals surface area contributed by atoms with E-state index < -0.39 is 0 Å². The maximum absolute atomic E-state index is 11.3. The SMILES string of the molecule is CCC(CC)N(CCOC)c1cccc(Cl)c1C=O. The summed E-state index contributed by atoms with van der Waals surface area (Å²) in [7, 11) is 1.68. The van der Waals surface area contributed by atoms with Crippen LogP contribution in [0.15, 0.2) is 18.2 Å². The van der Waals surface area contributed by atoms with Crippen molar-refractivity contribution >= 4 is 23.6 Å². The molecule has 0 aliphatic heterocycles. The Hall–Kier alpha value is -1.06. The molecule has 0 saturated carbocycles. The minimum Gasteiger partial charge on any atom is -0.383 e. The van der Waals surface area contributed by atoms with E-state index in [1.54, 1.807) is 13.2 Å². The first-order valence-electron chi connectivity index (χ1n) is 6.68. The maximum atomic E-state index is 11.3. The molecule has 0 fully saturated rings. The Morgan fingerprint density at radius 1 is 1.37 bits per heavy atom. The molecule has 1 rings (SSSR count). The highest BCUT2D eigenvalue weighted by Gasteiger charge is 2.19. The first-order valence-corrected chi connectivity index (χ1v) is 7.06. The second-order valence-electron chi connectivity index (χ2n) is 4.45. The van der Waals surface area contributed by atoms with E-state index in [2.05, 4.69) is 18.7 Å². The minimum atomic E-state index is 0.382. The lowest BCUT2D eigenvalue weighted by molar-refractivity contribution is 0.112. The van der Waals surface area contributed by atoms with Crippen molar-refractivity contribution < 1.29 is 9.53 Å². The zero-order valence-electron chi connectivity index (χ0n) is 11.9. The zero-order chi connectivity index (χ0) is 14.3. The van der Waals surface area contributed by atoms with Crippen molar-refractivity contribution in [2.75, 3.05) is 25.2 Å². The molecule has 0 aliphatic rings. The van der Waals surface area contributed by atoms with Gasteiger partial charge < -0.3 is 9.64 Å². The molecule has 0 aliphatic carbocycles. The van der Waals surface area contributed by atoms with Crippen molar-refractivity contribution in [3.63, 3.8) is 0 Å². The van der Waals surface area contributed by atoms with E-state index in [-0.39, 0.29) is 0 Å². The van der Waals surface area contributed by atoms with E-state index in [9.17, 15) is 4.79 Å². The summed E-state index contributed by atoms with van der Waals surface area (Å²) in [6.45, 7) is 5.68. The van der Waals surface area contributed by atoms with E-state index in [0.29, 0.717) is 23.2 Å². The molecule has 0 radical (unpaired) electrons. The van der Waals surface area contributed by atoms with Crippen LogP contribution in [0.2, 0.25) is 5.02 Å². The molecule has 4 heteroatoms. The fraction of sp³-hybridized carbons (Fsp3) is 0.533. The number of methoxy groups -OCH3 is 1. The summed E-state index contributed by atoms with van der Waals surface area (Å²) in [5.41, 5.74) is 1.46. The second-order valence-corrected chi connectivity index (χ2v) is 4.85. The largest absolute Gasteiger partial charge is 0.383 e. The smallest absolute Gasteiger partial charge is 0.153 e. The van der Waals surface area contributed by atoms with Gasteiger partial charge in [-0.15, -0.1) is 0 Å². The summed E-state index contributed by atoms with van der Waals surface area (Å²) in [6, 6.07) is 5.96. The van der Waals surface area contributed by atoms with Gasteiger partial charge in [0.15, 0.2) is 6.29 Å². The van der Waals surface area contributed by atoms with Gasteiger partial charge in [0.1, 0.15) is 0 Å². The Bertz CT molecular complexity index is 405. The molecule has 0 atom stereocenters. The number of ether oxygens (including phenoxy) is 1. The van der Waals surface area contributed by atoms with Gasteiger partial charge in [0, 0.05) is 25.4 Å². The van der Waals surface area contributed by atoms with Crippen molar-refractivity contribution in [3.8, 4) is 0 Å². The van der Waals surface area contributed by atoms with Crippen LogP contribution < -0.4 is 4.90 Å². The van der Waals surface area contributed by atoms with Crippen LogP contribution in [0.1, 0.15) is 37.0 Å². The summed E-state index contributed by atoms with van der Waals surface area (Å²) in [5.74, 6) is 0. The topological polar surface area (TPSA) is 29.5 Å². The van der Waals surface area contributed by atoms with Crippen molar-refractivity contribution in [2.45, 2.75) is 32.7 Å². The number of hydrogen-bond donors (Lipinski definition) is 0. The molecule has 0 amide bonds. The molecule has 3 nitrogen and oxygen atoms in total. The Morgan fingerprint density at radius 2 is 2.05 bits per heavy atom. The van der Waals surface area contributed by atoms with E-state index in [1.165, 1.54) is 0 Å². The van der Waals surface area contributed by atoms with Gasteiger partial charge in [0.2, 0.25) is 0 Å². The quantitative estimate of drug-likeness (QED) is 0.680. The molecular formula is C15H22ClNO2. The monoisotopic (exact) mass is 283 g/mol. The predicted molar refractivity (Wildman–Crippen MR) is 80.4 cm³/mol. The highest BCUT2D eigenvalue weighted by Crippen LogP contribution is 2.28. The first-order chi connectivity index (χ1) is 9.19. The minimum absolute atomic E-state index is 0.382. The average molecular weight is 284 g/mol. The Labute approximate surface area is 120 Å². The molecule has 106 valence electrons. The maximum Gasteiger partial charge on any atom is 0.153 e. The number of benzene rings is 1. The molecule has 0 aromatic heterocycles. The number of nitrogens with zero attached hydrogens (tertiary/aromatic N) is 1. The van der Waals surface area contributed by atoms with Crippen LogP contribution in [0, 0.1) is 0 Å². The Balaban J connectivity index is 3.15. The van der Waals surface area contributed by atoms with Gasteiger partial charge in [-0.05, 0) is 25.0 Å².